The first-order chi connectivity index (χ1) is 18.3. The van der Waals surface area contributed by atoms with E-state index in [9.17, 15) is 17.6 Å². The fourth-order valence-corrected chi connectivity index (χ4v) is 6.84. The SMILES string of the molecule is O=C(NS(=O)(=O)C1CC1)[C@H]1CC[C@H](OC2CCN(c3ccc(-c4nc5cc(F)ccc5[nH]4)cn3)CC2)CC1. The molecular formula is C27H32FN5O4S. The van der Waals surface area contributed by atoms with Crippen molar-refractivity contribution in [2.24, 2.45) is 5.92 Å². The largest absolute Gasteiger partial charge is 0.375 e. The first-order valence-corrected chi connectivity index (χ1v) is 15.0. The zero-order valence-corrected chi connectivity index (χ0v) is 21.9. The lowest BCUT2D eigenvalue weighted by Crippen LogP contribution is -2.41. The second kappa shape index (κ2) is 10.3. The van der Waals surface area contributed by atoms with Gasteiger partial charge in [0.1, 0.15) is 17.5 Å². The molecule has 3 heterocycles. The van der Waals surface area contributed by atoms with Gasteiger partial charge in [-0.05, 0) is 75.6 Å². The standard InChI is InChI=1S/C27H32FN5O4S/c28-19-4-9-23-24(15-19)31-26(30-23)18-3-10-25(29-16-18)33-13-11-21(12-14-33)37-20-5-1-17(2-6-20)27(34)32-38(35,36)22-7-8-22/h3-4,9-10,15-17,20-22H,1-2,5-8,11-14H2,(H,30,31)(H,32,34)/t17-,20-. The van der Waals surface area contributed by atoms with E-state index in [-0.39, 0.29) is 35.1 Å². The Kier molecular flexibility index (Phi) is 6.81. The number of nitrogens with one attached hydrogen (secondary N) is 2. The minimum absolute atomic E-state index is 0.116. The Morgan fingerprint density at radius 3 is 2.42 bits per heavy atom. The van der Waals surface area contributed by atoms with E-state index in [0.29, 0.717) is 37.0 Å². The number of fused-ring (bicyclic) bond motifs is 1. The molecule has 0 unspecified atom stereocenters. The highest BCUT2D eigenvalue weighted by atomic mass is 32.2. The molecule has 2 aliphatic carbocycles. The number of carbonyl (C=O) groups excluding carboxylic acids is 1. The van der Waals surface area contributed by atoms with Crippen LogP contribution in [0.25, 0.3) is 22.4 Å². The zero-order chi connectivity index (χ0) is 26.3. The molecule has 6 rings (SSSR count). The van der Waals surface area contributed by atoms with Crippen molar-refractivity contribution in [1.29, 1.82) is 0 Å². The molecule has 3 aliphatic rings. The number of rotatable bonds is 7. The molecule has 0 spiro atoms. The average Bonchev–Trinajstić information content (AvgIpc) is 3.70. The van der Waals surface area contributed by atoms with Gasteiger partial charge < -0.3 is 14.6 Å². The molecule has 1 aromatic carbocycles. The number of piperidine rings is 1. The number of anilines is 1. The maximum atomic E-state index is 13.5. The number of aromatic amines is 1. The zero-order valence-electron chi connectivity index (χ0n) is 21.1. The molecule has 11 heteroatoms. The molecule has 38 heavy (non-hydrogen) atoms. The number of hydrogen-bond donors (Lipinski definition) is 2. The van der Waals surface area contributed by atoms with Crippen molar-refractivity contribution in [3.05, 3.63) is 42.3 Å². The first-order valence-electron chi connectivity index (χ1n) is 13.4. The summed E-state index contributed by atoms with van der Waals surface area (Å²) in [5.41, 5.74) is 2.22. The van der Waals surface area contributed by atoms with Gasteiger partial charge in [-0.25, -0.2) is 22.8 Å². The van der Waals surface area contributed by atoms with Crippen LogP contribution in [0.4, 0.5) is 10.2 Å². The van der Waals surface area contributed by atoms with E-state index in [2.05, 4.69) is 24.6 Å². The van der Waals surface area contributed by atoms with Crippen LogP contribution < -0.4 is 9.62 Å². The molecule has 202 valence electrons. The minimum Gasteiger partial charge on any atom is -0.375 e. The monoisotopic (exact) mass is 541 g/mol. The second-order valence-corrected chi connectivity index (χ2v) is 12.6. The molecular weight excluding hydrogens is 509 g/mol. The lowest BCUT2D eigenvalue weighted by Gasteiger charge is -2.36. The summed E-state index contributed by atoms with van der Waals surface area (Å²) >= 11 is 0. The van der Waals surface area contributed by atoms with Crippen molar-refractivity contribution in [3.63, 3.8) is 0 Å². The van der Waals surface area contributed by atoms with E-state index in [0.717, 1.165) is 55.7 Å². The van der Waals surface area contributed by atoms with Gasteiger partial charge in [0.25, 0.3) is 0 Å². The van der Waals surface area contributed by atoms with Crippen LogP contribution in [-0.4, -0.2) is 59.8 Å². The summed E-state index contributed by atoms with van der Waals surface area (Å²) in [6, 6.07) is 8.46. The van der Waals surface area contributed by atoms with Gasteiger partial charge in [-0.15, -0.1) is 0 Å². The van der Waals surface area contributed by atoms with Gasteiger partial charge in [0.15, 0.2) is 0 Å². The van der Waals surface area contributed by atoms with Crippen LogP contribution in [-0.2, 0) is 19.6 Å². The third-order valence-corrected chi connectivity index (χ3v) is 9.70. The fourth-order valence-electron chi connectivity index (χ4n) is 5.47. The molecule has 1 aliphatic heterocycles. The van der Waals surface area contributed by atoms with Crippen molar-refractivity contribution in [2.45, 2.75) is 68.8 Å². The summed E-state index contributed by atoms with van der Waals surface area (Å²) in [5.74, 6) is 0.653. The molecule has 1 saturated heterocycles. The van der Waals surface area contributed by atoms with E-state index in [1.807, 2.05) is 12.1 Å². The van der Waals surface area contributed by atoms with E-state index in [1.165, 1.54) is 12.1 Å². The summed E-state index contributed by atoms with van der Waals surface area (Å²) in [4.78, 5) is 27.0. The van der Waals surface area contributed by atoms with Crippen LogP contribution in [0, 0.1) is 11.7 Å². The summed E-state index contributed by atoms with van der Waals surface area (Å²) < 4.78 is 46.2. The van der Waals surface area contributed by atoms with Gasteiger partial charge in [0, 0.05) is 36.8 Å². The van der Waals surface area contributed by atoms with Crippen molar-refractivity contribution < 1.29 is 22.3 Å². The number of hydrogen-bond acceptors (Lipinski definition) is 7. The predicted molar refractivity (Wildman–Crippen MR) is 141 cm³/mol. The number of benzene rings is 1. The Labute approximate surface area is 221 Å². The molecule has 2 N–H and O–H groups in total. The maximum Gasteiger partial charge on any atom is 0.237 e. The number of aromatic nitrogens is 3. The number of imidazole rings is 1. The number of pyridine rings is 1. The number of halogens is 1. The lowest BCUT2D eigenvalue weighted by atomic mass is 9.87. The highest BCUT2D eigenvalue weighted by Crippen LogP contribution is 2.32. The molecule has 2 aromatic heterocycles. The van der Waals surface area contributed by atoms with E-state index >= 15 is 0 Å². The second-order valence-electron chi connectivity index (χ2n) is 10.7. The quantitative estimate of drug-likeness (QED) is 0.466. The van der Waals surface area contributed by atoms with Crippen LogP contribution in [0.2, 0.25) is 0 Å². The Morgan fingerprint density at radius 2 is 1.74 bits per heavy atom. The maximum absolute atomic E-state index is 13.5. The fraction of sp³-hybridized carbons (Fsp3) is 0.519. The normalized spacial score (nSPS) is 23.0. The Morgan fingerprint density at radius 1 is 1.00 bits per heavy atom. The number of H-pyrrole nitrogens is 1. The lowest BCUT2D eigenvalue weighted by molar-refractivity contribution is -0.125. The highest BCUT2D eigenvalue weighted by molar-refractivity contribution is 7.90. The van der Waals surface area contributed by atoms with Crippen LogP contribution in [0.15, 0.2) is 36.5 Å². The summed E-state index contributed by atoms with van der Waals surface area (Å²) in [6.07, 6.45) is 8.05. The summed E-state index contributed by atoms with van der Waals surface area (Å²) in [7, 11) is -3.48. The molecule has 0 atom stereocenters. The van der Waals surface area contributed by atoms with E-state index < -0.39 is 10.0 Å². The van der Waals surface area contributed by atoms with Gasteiger partial charge in [0.2, 0.25) is 15.9 Å². The van der Waals surface area contributed by atoms with Crippen molar-refractivity contribution in [3.8, 4) is 11.4 Å². The molecule has 0 bridgehead atoms. The van der Waals surface area contributed by atoms with Crippen LogP contribution in [0.3, 0.4) is 0 Å². The topological polar surface area (TPSA) is 117 Å². The predicted octanol–water partition coefficient (Wildman–Crippen LogP) is 3.92. The Hall–Kier alpha value is -3.05. The van der Waals surface area contributed by atoms with Crippen LogP contribution >= 0.6 is 0 Å². The molecule has 3 fully saturated rings. The van der Waals surface area contributed by atoms with Crippen molar-refractivity contribution >= 4 is 32.8 Å². The number of nitrogens with zero attached hydrogens (tertiary/aromatic N) is 3. The van der Waals surface area contributed by atoms with Gasteiger partial charge in [0.05, 0.1) is 28.5 Å². The van der Waals surface area contributed by atoms with Gasteiger partial charge in [-0.1, -0.05) is 0 Å². The van der Waals surface area contributed by atoms with Crippen molar-refractivity contribution in [1.82, 2.24) is 19.7 Å². The summed E-state index contributed by atoms with van der Waals surface area (Å²) in [5, 5.41) is -0.381. The molecule has 9 nitrogen and oxygen atoms in total. The smallest absolute Gasteiger partial charge is 0.237 e. The molecule has 3 aromatic rings. The summed E-state index contributed by atoms with van der Waals surface area (Å²) in [6.45, 7) is 1.69. The molecule has 0 radical (unpaired) electrons. The van der Waals surface area contributed by atoms with E-state index in [1.54, 1.807) is 12.3 Å². The Bertz CT molecular complexity index is 1410. The van der Waals surface area contributed by atoms with Crippen LogP contribution in [0.1, 0.15) is 51.4 Å². The highest BCUT2D eigenvalue weighted by Gasteiger charge is 2.38. The third-order valence-electron chi connectivity index (χ3n) is 7.87. The van der Waals surface area contributed by atoms with E-state index in [4.69, 9.17) is 4.74 Å². The Balaban J connectivity index is 0.964. The van der Waals surface area contributed by atoms with Gasteiger partial charge in [-0.2, -0.15) is 0 Å². The van der Waals surface area contributed by atoms with Gasteiger partial charge in [-0.3, -0.25) is 9.52 Å². The number of ether oxygens (including phenoxy) is 1. The molecule has 2 saturated carbocycles. The van der Waals surface area contributed by atoms with Crippen LogP contribution in [0.5, 0.6) is 0 Å². The first kappa shape index (κ1) is 25.2. The minimum atomic E-state index is -3.48. The number of carbonyl (C=O) groups is 1. The van der Waals surface area contributed by atoms with Gasteiger partial charge >= 0.3 is 0 Å². The average molecular weight is 542 g/mol. The van der Waals surface area contributed by atoms with Crippen molar-refractivity contribution in [2.75, 3.05) is 18.0 Å². The number of sulfonamides is 1. The third kappa shape index (κ3) is 5.54. The molecule has 1 amide bonds. The number of amides is 1.